The Morgan fingerprint density at radius 2 is 2.15 bits per heavy atom. The molecule has 2 fully saturated rings. The molecular formula is C23H25N5O5. The maximum absolute atomic E-state index is 13.1. The first kappa shape index (κ1) is 22.4. The maximum atomic E-state index is 13.1. The lowest BCUT2D eigenvalue weighted by Gasteiger charge is -2.40. The smallest absolute Gasteiger partial charge is 0.290 e. The Morgan fingerprint density at radius 1 is 1.36 bits per heavy atom. The van der Waals surface area contributed by atoms with E-state index in [4.69, 9.17) is 14.6 Å². The second kappa shape index (κ2) is 9.78. The summed E-state index contributed by atoms with van der Waals surface area (Å²) in [6.07, 6.45) is 8.35. The van der Waals surface area contributed by atoms with Gasteiger partial charge in [-0.15, -0.1) is 0 Å². The van der Waals surface area contributed by atoms with Gasteiger partial charge in [-0.2, -0.15) is 0 Å². The summed E-state index contributed by atoms with van der Waals surface area (Å²) in [5.74, 6) is -0.332. The molecule has 0 unspecified atom stereocenters. The van der Waals surface area contributed by atoms with Crippen molar-refractivity contribution in [3.05, 3.63) is 65.9 Å². The number of pyridine rings is 2. The number of fused-ring (bicyclic) bond motifs is 1. The van der Waals surface area contributed by atoms with E-state index in [2.05, 4.69) is 15.3 Å². The zero-order valence-corrected chi connectivity index (χ0v) is 18.1. The van der Waals surface area contributed by atoms with E-state index >= 15 is 0 Å². The monoisotopic (exact) mass is 451 g/mol. The van der Waals surface area contributed by atoms with Gasteiger partial charge >= 0.3 is 0 Å². The number of hydrogen-bond acceptors (Lipinski definition) is 6. The average Bonchev–Trinajstić information content (AvgIpc) is 3.57. The van der Waals surface area contributed by atoms with Crippen molar-refractivity contribution >= 4 is 23.9 Å². The van der Waals surface area contributed by atoms with Gasteiger partial charge in [-0.3, -0.25) is 19.4 Å². The third-order valence-corrected chi connectivity index (χ3v) is 5.59. The number of carbonyl (C=O) groups excluding carboxylic acids is 2. The molecule has 172 valence electrons. The summed E-state index contributed by atoms with van der Waals surface area (Å²) >= 11 is 0. The summed E-state index contributed by atoms with van der Waals surface area (Å²) < 4.78 is 7.66. The summed E-state index contributed by atoms with van der Waals surface area (Å²) in [4.78, 5) is 44.6. The molecule has 1 saturated heterocycles. The summed E-state index contributed by atoms with van der Waals surface area (Å²) in [6.45, 7) is 1.97. The minimum absolute atomic E-state index is 0.0777. The van der Waals surface area contributed by atoms with Crippen molar-refractivity contribution in [3.63, 3.8) is 0 Å². The van der Waals surface area contributed by atoms with E-state index < -0.39 is 12.1 Å². The third-order valence-electron chi connectivity index (χ3n) is 5.59. The van der Waals surface area contributed by atoms with Gasteiger partial charge in [0.15, 0.2) is 6.10 Å². The Kier molecular flexibility index (Phi) is 6.64. The molecule has 0 aromatic carbocycles. The van der Waals surface area contributed by atoms with Crippen molar-refractivity contribution < 1.29 is 24.2 Å². The van der Waals surface area contributed by atoms with Crippen molar-refractivity contribution in [2.45, 2.75) is 44.5 Å². The number of morpholine rings is 1. The number of imidazole rings is 1. The molecule has 3 aromatic heterocycles. The van der Waals surface area contributed by atoms with Crippen molar-refractivity contribution in [3.8, 4) is 0 Å². The molecule has 33 heavy (non-hydrogen) atoms. The molecule has 2 atom stereocenters. The van der Waals surface area contributed by atoms with E-state index in [9.17, 15) is 9.59 Å². The van der Waals surface area contributed by atoms with Crippen LogP contribution in [-0.2, 0) is 25.7 Å². The highest BCUT2D eigenvalue weighted by Gasteiger charge is 2.47. The number of aryl methyl sites for hydroxylation is 1. The van der Waals surface area contributed by atoms with Crippen molar-refractivity contribution in [2.24, 2.45) is 0 Å². The maximum Gasteiger partial charge on any atom is 0.290 e. The van der Waals surface area contributed by atoms with Crippen molar-refractivity contribution in [2.75, 3.05) is 6.61 Å². The number of aromatic nitrogens is 3. The minimum Gasteiger partial charge on any atom is -0.483 e. The normalized spacial score (nSPS) is 20.2. The second-order valence-electron chi connectivity index (χ2n) is 8.02. The van der Waals surface area contributed by atoms with Crippen LogP contribution in [0, 0.1) is 6.92 Å². The zero-order valence-electron chi connectivity index (χ0n) is 18.1. The highest BCUT2D eigenvalue weighted by atomic mass is 16.5. The highest BCUT2D eigenvalue weighted by Crippen LogP contribution is 2.39. The van der Waals surface area contributed by atoms with Crippen LogP contribution in [0.15, 0.2) is 49.1 Å². The van der Waals surface area contributed by atoms with Crippen LogP contribution in [0.1, 0.15) is 35.7 Å². The molecule has 2 amide bonds. The van der Waals surface area contributed by atoms with Crippen LogP contribution in [0.25, 0.3) is 5.65 Å². The topological polar surface area (TPSA) is 126 Å². The standard InChI is InChI=1S/C22H23N5O3.CH2O2/c1-14-6-8-26-12-16(25-18(26)9-14)11-24-22(29)21-20(15-3-2-7-23-10-15)27(17-4-5-17)19(28)13-30-21;2-1-3/h2-3,6-10,12,17,20-21H,4-5,11,13H2,1H3,(H,24,29);1H,(H,2,3)/t20-,21+;/m1./s1. The molecular weight excluding hydrogens is 426 g/mol. The highest BCUT2D eigenvalue weighted by molar-refractivity contribution is 5.86. The van der Waals surface area contributed by atoms with Gasteiger partial charge in [-0.05, 0) is 49.1 Å². The summed E-state index contributed by atoms with van der Waals surface area (Å²) in [5, 5.41) is 9.83. The van der Waals surface area contributed by atoms with Gasteiger partial charge < -0.3 is 24.5 Å². The number of rotatable bonds is 5. The van der Waals surface area contributed by atoms with E-state index in [0.717, 1.165) is 35.3 Å². The Labute approximate surface area is 190 Å². The molecule has 10 nitrogen and oxygen atoms in total. The number of hydrogen-bond donors (Lipinski definition) is 2. The Bertz CT molecular complexity index is 1140. The van der Waals surface area contributed by atoms with Crippen LogP contribution >= 0.6 is 0 Å². The van der Waals surface area contributed by atoms with Crippen LogP contribution in [-0.4, -0.2) is 61.4 Å². The van der Waals surface area contributed by atoms with E-state index in [1.165, 1.54) is 0 Å². The van der Waals surface area contributed by atoms with Crippen LogP contribution < -0.4 is 5.32 Å². The first-order valence-corrected chi connectivity index (χ1v) is 10.6. The van der Waals surface area contributed by atoms with E-state index in [0.29, 0.717) is 0 Å². The lowest BCUT2D eigenvalue weighted by Crippen LogP contribution is -2.55. The first-order valence-electron chi connectivity index (χ1n) is 10.6. The molecule has 10 heteroatoms. The van der Waals surface area contributed by atoms with Gasteiger partial charge in [0, 0.05) is 30.8 Å². The summed E-state index contributed by atoms with van der Waals surface area (Å²) in [5.41, 5.74) is 3.54. The molecule has 1 aliphatic heterocycles. The van der Waals surface area contributed by atoms with E-state index in [1.807, 2.05) is 52.9 Å². The van der Waals surface area contributed by atoms with Gasteiger partial charge in [-0.1, -0.05) is 6.07 Å². The van der Waals surface area contributed by atoms with Gasteiger partial charge in [0.25, 0.3) is 12.4 Å². The molecule has 5 rings (SSSR count). The molecule has 4 heterocycles. The summed E-state index contributed by atoms with van der Waals surface area (Å²) in [7, 11) is 0. The molecule has 1 saturated carbocycles. The van der Waals surface area contributed by atoms with Gasteiger partial charge in [0.2, 0.25) is 5.91 Å². The fraction of sp³-hybridized carbons (Fsp3) is 0.348. The molecule has 2 aliphatic rings. The largest absolute Gasteiger partial charge is 0.483 e. The first-order chi connectivity index (χ1) is 16.0. The van der Waals surface area contributed by atoms with Crippen LogP contribution in [0.5, 0.6) is 0 Å². The quantitative estimate of drug-likeness (QED) is 0.563. The third kappa shape index (κ3) is 5.01. The number of ether oxygens (including phenoxy) is 1. The van der Waals surface area contributed by atoms with Crippen LogP contribution in [0.3, 0.4) is 0 Å². The zero-order chi connectivity index (χ0) is 23.4. The molecule has 2 N–H and O–H groups in total. The fourth-order valence-corrected chi connectivity index (χ4v) is 4.02. The molecule has 0 bridgehead atoms. The van der Waals surface area contributed by atoms with E-state index in [1.54, 1.807) is 12.4 Å². The number of carboxylic acid groups (broad SMARTS) is 1. The molecule has 3 aromatic rings. The predicted octanol–water partition coefficient (Wildman–Crippen LogP) is 1.49. The Morgan fingerprint density at radius 3 is 2.85 bits per heavy atom. The molecule has 0 spiro atoms. The molecule has 0 radical (unpaired) electrons. The van der Waals surface area contributed by atoms with Gasteiger partial charge in [-0.25, -0.2) is 4.98 Å². The number of amides is 2. The second-order valence-corrected chi connectivity index (χ2v) is 8.02. The molecule has 1 aliphatic carbocycles. The lowest BCUT2D eigenvalue weighted by molar-refractivity contribution is -0.165. The van der Waals surface area contributed by atoms with Crippen LogP contribution in [0.4, 0.5) is 0 Å². The van der Waals surface area contributed by atoms with Crippen LogP contribution in [0.2, 0.25) is 0 Å². The van der Waals surface area contributed by atoms with Gasteiger partial charge in [0.05, 0.1) is 18.3 Å². The summed E-state index contributed by atoms with van der Waals surface area (Å²) in [6, 6.07) is 7.40. The predicted molar refractivity (Wildman–Crippen MR) is 117 cm³/mol. The number of carbonyl (C=O) groups is 3. The number of nitrogens with one attached hydrogen (secondary N) is 1. The van der Waals surface area contributed by atoms with Crippen molar-refractivity contribution in [1.82, 2.24) is 24.6 Å². The Hall–Kier alpha value is -3.79. The van der Waals surface area contributed by atoms with E-state index in [-0.39, 0.29) is 37.5 Å². The minimum atomic E-state index is -0.785. The van der Waals surface area contributed by atoms with Gasteiger partial charge in [0.1, 0.15) is 12.3 Å². The average molecular weight is 451 g/mol. The number of nitrogens with zero attached hydrogens (tertiary/aromatic N) is 4. The lowest BCUT2D eigenvalue weighted by atomic mass is 9.98. The van der Waals surface area contributed by atoms with Crippen molar-refractivity contribution in [1.29, 1.82) is 0 Å². The fourth-order valence-electron chi connectivity index (χ4n) is 4.02. The SMILES string of the molecule is Cc1ccn2cc(CNC(=O)[C@H]3OCC(=O)N(C4CC4)[C@@H]3c3cccnc3)nc2c1.O=CO. The Balaban J connectivity index is 0.000000821.